The van der Waals surface area contributed by atoms with E-state index >= 15 is 0 Å². The molecule has 24 heavy (non-hydrogen) atoms. The molecule has 0 atom stereocenters. The third-order valence-corrected chi connectivity index (χ3v) is 7.02. The van der Waals surface area contributed by atoms with Gasteiger partial charge in [0.05, 0.1) is 26.1 Å². The van der Waals surface area contributed by atoms with Gasteiger partial charge in [0.25, 0.3) is 0 Å². The first kappa shape index (κ1) is 19.4. The van der Waals surface area contributed by atoms with E-state index in [2.05, 4.69) is 4.72 Å². The van der Waals surface area contributed by atoms with E-state index in [0.29, 0.717) is 13.2 Å². The molecule has 0 spiro atoms. The van der Waals surface area contributed by atoms with Crippen molar-refractivity contribution in [2.45, 2.75) is 4.90 Å². The van der Waals surface area contributed by atoms with Crippen LogP contribution in [0.5, 0.6) is 5.75 Å². The second-order valence-corrected chi connectivity index (χ2v) is 9.28. The van der Waals surface area contributed by atoms with Crippen LogP contribution in [0.2, 0.25) is 5.02 Å². The van der Waals surface area contributed by atoms with E-state index in [9.17, 15) is 16.8 Å². The highest BCUT2D eigenvalue weighted by Gasteiger charge is 2.25. The molecule has 8 nitrogen and oxygen atoms in total. The van der Waals surface area contributed by atoms with Crippen molar-refractivity contribution in [3.63, 3.8) is 0 Å². The van der Waals surface area contributed by atoms with Crippen LogP contribution in [-0.4, -0.2) is 66.9 Å². The van der Waals surface area contributed by atoms with Crippen LogP contribution in [0, 0.1) is 0 Å². The Morgan fingerprint density at radius 2 is 1.92 bits per heavy atom. The quantitative estimate of drug-likeness (QED) is 0.708. The molecule has 2 rings (SSSR count). The van der Waals surface area contributed by atoms with E-state index in [4.69, 9.17) is 21.1 Å². The highest BCUT2D eigenvalue weighted by molar-refractivity contribution is 7.90. The van der Waals surface area contributed by atoms with Gasteiger partial charge >= 0.3 is 0 Å². The summed E-state index contributed by atoms with van der Waals surface area (Å²) in [4.78, 5) is -0.138. The first-order valence-corrected chi connectivity index (χ1v) is 10.6. The Kier molecular flexibility index (Phi) is 6.46. The zero-order chi connectivity index (χ0) is 17.8. The van der Waals surface area contributed by atoms with Gasteiger partial charge in [-0.3, -0.25) is 0 Å². The van der Waals surface area contributed by atoms with Crippen molar-refractivity contribution in [2.24, 2.45) is 0 Å². The molecule has 1 aliphatic rings. The van der Waals surface area contributed by atoms with Gasteiger partial charge < -0.3 is 9.47 Å². The summed E-state index contributed by atoms with van der Waals surface area (Å²) < 4.78 is 62.7. The smallest absolute Gasteiger partial charge is 0.244 e. The molecule has 1 aliphatic heterocycles. The number of nitrogens with zero attached hydrogens (tertiary/aromatic N) is 1. The summed E-state index contributed by atoms with van der Waals surface area (Å²) in [6, 6.07) is 4.18. The summed E-state index contributed by atoms with van der Waals surface area (Å²) in [6.07, 6.45) is 0. The molecule has 1 aromatic rings. The summed E-state index contributed by atoms with van der Waals surface area (Å²) in [5.41, 5.74) is 0. The number of morpholine rings is 1. The summed E-state index contributed by atoms with van der Waals surface area (Å²) in [5, 5.41) is 0.233. The number of nitrogens with one attached hydrogen (secondary N) is 1. The fraction of sp³-hybridized carbons (Fsp3) is 0.538. The summed E-state index contributed by atoms with van der Waals surface area (Å²) in [6.45, 7) is 0.974. The van der Waals surface area contributed by atoms with Crippen molar-refractivity contribution < 1.29 is 26.3 Å². The van der Waals surface area contributed by atoms with Gasteiger partial charge in [0.2, 0.25) is 20.0 Å². The minimum absolute atomic E-state index is 0.128. The van der Waals surface area contributed by atoms with Crippen molar-refractivity contribution in [1.29, 1.82) is 0 Å². The zero-order valence-corrected chi connectivity index (χ0v) is 15.5. The number of sulfonamides is 2. The van der Waals surface area contributed by atoms with Crippen LogP contribution < -0.4 is 9.46 Å². The van der Waals surface area contributed by atoms with E-state index in [1.807, 2.05) is 0 Å². The van der Waals surface area contributed by atoms with Gasteiger partial charge in [0.1, 0.15) is 10.6 Å². The Morgan fingerprint density at radius 3 is 2.54 bits per heavy atom. The number of hydrogen-bond donors (Lipinski definition) is 1. The molecule has 0 bridgehead atoms. The zero-order valence-electron chi connectivity index (χ0n) is 13.1. The van der Waals surface area contributed by atoms with Crippen LogP contribution in [0.4, 0.5) is 0 Å². The molecule has 1 fully saturated rings. The Hall–Kier alpha value is -0.910. The topological polar surface area (TPSA) is 102 Å². The van der Waals surface area contributed by atoms with Crippen LogP contribution in [0.1, 0.15) is 0 Å². The molecule has 1 N–H and O–H groups in total. The van der Waals surface area contributed by atoms with Crippen LogP contribution in [0.15, 0.2) is 23.1 Å². The van der Waals surface area contributed by atoms with E-state index < -0.39 is 20.0 Å². The molecular formula is C13H19ClN2O6S2. The van der Waals surface area contributed by atoms with Crippen LogP contribution in [0.25, 0.3) is 0 Å². The fourth-order valence-corrected chi connectivity index (χ4v) is 5.11. The van der Waals surface area contributed by atoms with Gasteiger partial charge in [-0.05, 0) is 18.2 Å². The largest absolute Gasteiger partial charge is 0.495 e. The molecule has 0 amide bonds. The van der Waals surface area contributed by atoms with Crippen LogP contribution >= 0.6 is 11.6 Å². The lowest BCUT2D eigenvalue weighted by molar-refractivity contribution is 0.0730. The lowest BCUT2D eigenvalue weighted by atomic mass is 10.3. The maximum atomic E-state index is 12.3. The van der Waals surface area contributed by atoms with Gasteiger partial charge in [0, 0.05) is 24.7 Å². The van der Waals surface area contributed by atoms with Gasteiger partial charge in [-0.25, -0.2) is 21.6 Å². The maximum Gasteiger partial charge on any atom is 0.244 e. The van der Waals surface area contributed by atoms with Crippen molar-refractivity contribution in [3.8, 4) is 5.75 Å². The average molecular weight is 399 g/mol. The lowest BCUT2D eigenvalue weighted by Crippen LogP contribution is -2.43. The molecule has 0 radical (unpaired) electrons. The van der Waals surface area contributed by atoms with E-state index in [1.165, 1.54) is 29.6 Å². The molecule has 11 heteroatoms. The Balaban J connectivity index is 2.04. The monoisotopic (exact) mass is 398 g/mol. The second-order valence-electron chi connectivity index (χ2n) is 5.02. The molecule has 1 saturated heterocycles. The third-order valence-electron chi connectivity index (χ3n) is 3.43. The lowest BCUT2D eigenvalue weighted by Gasteiger charge is -2.26. The first-order valence-electron chi connectivity index (χ1n) is 7.15. The maximum absolute atomic E-state index is 12.3. The Bertz CT molecular complexity index is 776. The highest BCUT2D eigenvalue weighted by Crippen LogP contribution is 2.26. The minimum atomic E-state index is -3.95. The predicted octanol–water partition coefficient (Wildman–Crippen LogP) is 0.289. The van der Waals surface area contributed by atoms with Crippen LogP contribution in [0.3, 0.4) is 0 Å². The van der Waals surface area contributed by atoms with Gasteiger partial charge in [-0.2, -0.15) is 4.31 Å². The normalized spacial score (nSPS) is 16.9. The van der Waals surface area contributed by atoms with Crippen molar-refractivity contribution in [1.82, 2.24) is 9.03 Å². The first-order chi connectivity index (χ1) is 11.3. The molecular weight excluding hydrogens is 380 g/mol. The molecule has 0 saturated carbocycles. The van der Waals surface area contributed by atoms with E-state index in [1.54, 1.807) is 0 Å². The molecule has 1 heterocycles. The van der Waals surface area contributed by atoms with Gasteiger partial charge in [-0.1, -0.05) is 11.6 Å². The standard InChI is InChI=1S/C13H19ClN2O6S2/c1-21-12-3-2-11(14)10-13(12)24(19,20)15-4-9-23(17,18)16-5-7-22-8-6-16/h2-3,10,15H,4-9H2,1H3. The van der Waals surface area contributed by atoms with E-state index in [0.717, 1.165) is 0 Å². The number of ether oxygens (including phenoxy) is 2. The summed E-state index contributed by atoms with van der Waals surface area (Å²) in [7, 11) is -6.15. The van der Waals surface area contributed by atoms with Crippen LogP contribution in [-0.2, 0) is 24.8 Å². The molecule has 136 valence electrons. The second kappa shape index (κ2) is 7.98. The van der Waals surface area contributed by atoms with Crippen molar-refractivity contribution >= 4 is 31.6 Å². The molecule has 1 aromatic carbocycles. The SMILES string of the molecule is COc1ccc(Cl)cc1S(=O)(=O)NCCS(=O)(=O)N1CCOCC1. The van der Waals surface area contributed by atoms with E-state index in [-0.39, 0.29) is 41.1 Å². The van der Waals surface area contributed by atoms with Crippen molar-refractivity contribution in [2.75, 3.05) is 45.7 Å². The number of methoxy groups -OCH3 is 1. The van der Waals surface area contributed by atoms with Gasteiger partial charge in [-0.15, -0.1) is 0 Å². The molecule has 0 aromatic heterocycles. The van der Waals surface area contributed by atoms with Crippen molar-refractivity contribution in [3.05, 3.63) is 23.2 Å². The minimum Gasteiger partial charge on any atom is -0.495 e. The summed E-state index contributed by atoms with van der Waals surface area (Å²) in [5.74, 6) is -0.210. The number of hydrogen-bond acceptors (Lipinski definition) is 6. The number of rotatable bonds is 7. The number of halogens is 1. The molecule has 0 aliphatic carbocycles. The fourth-order valence-electron chi connectivity index (χ4n) is 2.20. The third kappa shape index (κ3) is 4.80. The highest BCUT2D eigenvalue weighted by atomic mass is 35.5. The summed E-state index contributed by atoms with van der Waals surface area (Å²) >= 11 is 5.83. The molecule has 0 unspecified atom stereocenters. The van der Waals surface area contributed by atoms with Gasteiger partial charge in [0.15, 0.2) is 0 Å². The Labute approximate surface area is 146 Å². The average Bonchev–Trinajstić information content (AvgIpc) is 2.55. The number of benzene rings is 1. The Morgan fingerprint density at radius 1 is 1.25 bits per heavy atom. The predicted molar refractivity (Wildman–Crippen MR) is 89.4 cm³/mol.